The Morgan fingerprint density at radius 3 is 2.81 bits per heavy atom. The van der Waals surface area contributed by atoms with E-state index in [2.05, 4.69) is 10.2 Å². The number of likely N-dealkylation sites (N-methyl/N-ethyl adjacent to an activating group) is 1. The van der Waals surface area contributed by atoms with Crippen LogP contribution < -0.4 is 10.4 Å². The number of aromatic hydroxyl groups is 1. The van der Waals surface area contributed by atoms with Gasteiger partial charge in [-0.3, -0.25) is 19.3 Å². The first-order valence-corrected chi connectivity index (χ1v) is 10.4. The first-order valence-electron chi connectivity index (χ1n) is 9.61. The molecule has 0 aliphatic carbocycles. The van der Waals surface area contributed by atoms with Gasteiger partial charge in [0, 0.05) is 26.2 Å². The number of hydrogen-bond donors (Lipinski definition) is 1. The van der Waals surface area contributed by atoms with Gasteiger partial charge >= 0.3 is 0 Å². The fraction of sp³-hybridized carbons (Fsp3) is 0.300. The third-order valence-electron chi connectivity index (χ3n) is 5.47. The fourth-order valence-corrected chi connectivity index (χ4v) is 4.70. The molecule has 0 bridgehead atoms. The lowest BCUT2D eigenvalue weighted by atomic mass is 10.1. The number of rotatable bonds is 3. The van der Waals surface area contributed by atoms with E-state index in [1.807, 2.05) is 0 Å². The number of halogens is 1. The molecule has 2 aromatic heterocycles. The third kappa shape index (κ3) is 3.26. The minimum absolute atomic E-state index is 0.0783. The van der Waals surface area contributed by atoms with Crippen LogP contribution in [0.15, 0.2) is 35.3 Å². The monoisotopic (exact) mass is 443 g/mol. The number of carbonyl (C=O) groups is 1. The van der Waals surface area contributed by atoms with Crippen molar-refractivity contribution in [3.63, 3.8) is 0 Å². The van der Waals surface area contributed by atoms with Crippen LogP contribution in [0.25, 0.3) is 10.6 Å². The summed E-state index contributed by atoms with van der Waals surface area (Å²) in [6.45, 7) is 1.11. The first-order chi connectivity index (χ1) is 14.9. The second kappa shape index (κ2) is 7.43. The van der Waals surface area contributed by atoms with Crippen LogP contribution >= 0.6 is 11.3 Å². The predicted octanol–water partition coefficient (Wildman–Crippen LogP) is 1.18. The lowest BCUT2D eigenvalue weighted by Gasteiger charge is -2.46. The van der Waals surface area contributed by atoms with E-state index in [4.69, 9.17) is 4.74 Å². The maximum Gasteiger partial charge on any atom is 0.278 e. The summed E-state index contributed by atoms with van der Waals surface area (Å²) in [6, 6.07) is 6.07. The molecule has 1 aromatic carbocycles. The van der Waals surface area contributed by atoms with Gasteiger partial charge in [0.25, 0.3) is 5.91 Å². The Labute approximate surface area is 179 Å². The second-order valence-corrected chi connectivity index (χ2v) is 8.41. The largest absolute Gasteiger partial charge is 0.502 e. The van der Waals surface area contributed by atoms with Crippen molar-refractivity contribution in [1.82, 2.24) is 19.8 Å². The van der Waals surface area contributed by atoms with Crippen LogP contribution in [0.2, 0.25) is 0 Å². The van der Waals surface area contributed by atoms with Crippen molar-refractivity contribution in [3.05, 3.63) is 62.8 Å². The zero-order valence-electron chi connectivity index (χ0n) is 16.5. The van der Waals surface area contributed by atoms with Crippen LogP contribution in [0.5, 0.6) is 5.75 Å². The molecule has 0 spiro atoms. The van der Waals surface area contributed by atoms with Crippen LogP contribution in [0, 0.1) is 5.82 Å². The van der Waals surface area contributed by atoms with Crippen LogP contribution in [0.3, 0.4) is 0 Å². The van der Waals surface area contributed by atoms with E-state index in [1.165, 1.54) is 34.3 Å². The molecule has 1 fully saturated rings. The summed E-state index contributed by atoms with van der Waals surface area (Å²) < 4.78 is 20.1. The van der Waals surface area contributed by atoms with E-state index in [-0.39, 0.29) is 23.2 Å². The van der Waals surface area contributed by atoms with Gasteiger partial charge in [0.2, 0.25) is 5.43 Å². The number of nitrogens with zero attached hydrogens (tertiary/aromatic N) is 5. The molecule has 5 rings (SSSR count). The number of pyridine rings is 1. The van der Waals surface area contributed by atoms with Crippen LogP contribution in [0.4, 0.5) is 4.39 Å². The second-order valence-electron chi connectivity index (χ2n) is 7.35. The number of aromatic nitrogens is 3. The molecule has 0 saturated carbocycles. The van der Waals surface area contributed by atoms with Crippen molar-refractivity contribution in [2.24, 2.45) is 0 Å². The van der Waals surface area contributed by atoms with Gasteiger partial charge in [0.05, 0.1) is 18.8 Å². The number of morpholine rings is 1. The van der Waals surface area contributed by atoms with Gasteiger partial charge in [0.15, 0.2) is 16.5 Å². The Kier molecular flexibility index (Phi) is 4.71. The summed E-state index contributed by atoms with van der Waals surface area (Å²) in [6.07, 6.45) is 1.60. The van der Waals surface area contributed by atoms with E-state index in [1.54, 1.807) is 29.1 Å². The van der Waals surface area contributed by atoms with Crippen molar-refractivity contribution in [1.29, 1.82) is 0 Å². The fourth-order valence-electron chi connectivity index (χ4n) is 3.82. The lowest BCUT2D eigenvalue weighted by molar-refractivity contribution is -0.0149. The van der Waals surface area contributed by atoms with Gasteiger partial charge in [-0.1, -0.05) is 23.5 Å². The molecule has 1 unspecified atom stereocenters. The van der Waals surface area contributed by atoms with Crippen molar-refractivity contribution in [2.75, 3.05) is 31.8 Å². The van der Waals surface area contributed by atoms with E-state index in [9.17, 15) is 19.1 Å². The highest BCUT2D eigenvalue weighted by molar-refractivity contribution is 7.14. The molecule has 9 nitrogen and oxygen atoms in total. The molecule has 1 atom stereocenters. The standard InChI is InChI=1S/C20H18FN5O4S/c1-24-15-10-30-7-6-25(15)20(29)16-18(28)17(27)13(9-26(16)24)19-23-22-14(31-19)8-11-2-4-12(21)5-3-11/h2-5,9,15,28H,6-8,10H2,1H3. The number of ether oxygens (including phenoxy) is 1. The average molecular weight is 443 g/mol. The zero-order valence-corrected chi connectivity index (χ0v) is 17.3. The van der Waals surface area contributed by atoms with Crippen LogP contribution in [-0.4, -0.2) is 63.8 Å². The van der Waals surface area contributed by atoms with Gasteiger partial charge in [-0.15, -0.1) is 10.2 Å². The van der Waals surface area contributed by atoms with Crippen molar-refractivity contribution in [3.8, 4) is 16.3 Å². The van der Waals surface area contributed by atoms with Crippen molar-refractivity contribution < 1.29 is 19.0 Å². The normalized spacial score (nSPS) is 18.1. The van der Waals surface area contributed by atoms with Crippen molar-refractivity contribution >= 4 is 17.2 Å². The molecule has 160 valence electrons. The van der Waals surface area contributed by atoms with Gasteiger partial charge in [-0.25, -0.2) is 4.39 Å². The number of fused-ring (bicyclic) bond motifs is 2. The number of amides is 1. The first kappa shape index (κ1) is 19.6. The SMILES string of the molecule is CN1C2COCCN2C(=O)c2c(O)c(=O)c(-c3nnc(Cc4ccc(F)cc4)s3)cn21. The molecule has 1 saturated heterocycles. The molecule has 31 heavy (non-hydrogen) atoms. The maximum absolute atomic E-state index is 13.1. The molecular weight excluding hydrogens is 425 g/mol. The Bertz CT molecular complexity index is 1230. The maximum atomic E-state index is 13.1. The smallest absolute Gasteiger partial charge is 0.278 e. The predicted molar refractivity (Wildman–Crippen MR) is 110 cm³/mol. The minimum atomic E-state index is -0.677. The summed E-state index contributed by atoms with van der Waals surface area (Å²) in [4.78, 5) is 27.4. The van der Waals surface area contributed by atoms with Gasteiger partial charge in [-0.2, -0.15) is 0 Å². The molecular formula is C20H18FN5O4S. The topological polar surface area (TPSA) is 101 Å². The van der Waals surface area contributed by atoms with Crippen molar-refractivity contribution in [2.45, 2.75) is 12.6 Å². The number of benzene rings is 1. The quantitative estimate of drug-likeness (QED) is 0.649. The molecule has 2 aliphatic rings. The number of hydrogen-bond acceptors (Lipinski definition) is 8. The molecule has 2 aliphatic heterocycles. The Balaban J connectivity index is 1.53. The minimum Gasteiger partial charge on any atom is -0.502 e. The van der Waals surface area contributed by atoms with Gasteiger partial charge in [-0.05, 0) is 17.7 Å². The summed E-state index contributed by atoms with van der Waals surface area (Å²) >= 11 is 1.20. The van der Waals surface area contributed by atoms with E-state index >= 15 is 0 Å². The van der Waals surface area contributed by atoms with Crippen LogP contribution in [0.1, 0.15) is 21.1 Å². The molecule has 11 heteroatoms. The Morgan fingerprint density at radius 1 is 1.26 bits per heavy atom. The zero-order chi connectivity index (χ0) is 21.7. The molecule has 3 aromatic rings. The highest BCUT2D eigenvalue weighted by Crippen LogP contribution is 2.29. The van der Waals surface area contributed by atoms with Crippen LogP contribution in [-0.2, 0) is 11.2 Å². The van der Waals surface area contributed by atoms with Gasteiger partial charge < -0.3 is 14.7 Å². The van der Waals surface area contributed by atoms with Gasteiger partial charge in [0.1, 0.15) is 17.0 Å². The Morgan fingerprint density at radius 2 is 2.03 bits per heavy atom. The third-order valence-corrected chi connectivity index (χ3v) is 6.42. The molecule has 1 amide bonds. The van der Waals surface area contributed by atoms with E-state index < -0.39 is 17.1 Å². The molecule has 4 heterocycles. The van der Waals surface area contributed by atoms with E-state index in [0.29, 0.717) is 36.2 Å². The Hall–Kier alpha value is -3.31. The molecule has 1 N–H and O–H groups in total. The average Bonchev–Trinajstić information content (AvgIpc) is 3.23. The lowest BCUT2D eigenvalue weighted by Crippen LogP contribution is -2.64. The summed E-state index contributed by atoms with van der Waals surface area (Å²) in [5.41, 5.74) is 0.250. The molecule has 0 radical (unpaired) electrons. The summed E-state index contributed by atoms with van der Waals surface area (Å²) in [7, 11) is 1.76. The highest BCUT2D eigenvalue weighted by atomic mass is 32.1. The highest BCUT2D eigenvalue weighted by Gasteiger charge is 2.40. The summed E-state index contributed by atoms with van der Waals surface area (Å²) in [5, 5.41) is 21.6. The summed E-state index contributed by atoms with van der Waals surface area (Å²) in [5.74, 6) is -1.35. The van der Waals surface area contributed by atoms with E-state index in [0.717, 1.165) is 5.56 Å². The number of carbonyl (C=O) groups excluding carboxylic acids is 1.